The highest BCUT2D eigenvalue weighted by atomic mass is 28.4. The van der Waals surface area contributed by atoms with Crippen LogP contribution in [0.1, 0.15) is 53.4 Å². The Labute approximate surface area is 164 Å². The van der Waals surface area contributed by atoms with E-state index >= 15 is 0 Å². The molecule has 5 nitrogen and oxygen atoms in total. The van der Waals surface area contributed by atoms with E-state index in [9.17, 15) is 19.8 Å². The Balaban J connectivity index is 3.01. The lowest BCUT2D eigenvalue weighted by Gasteiger charge is -2.39. The van der Waals surface area contributed by atoms with Crippen molar-refractivity contribution in [1.82, 2.24) is 0 Å². The van der Waals surface area contributed by atoms with Gasteiger partial charge in [0.25, 0.3) is 0 Å². The number of carbonyl (C=O) groups is 2. The number of rotatable bonds is 9. The van der Waals surface area contributed by atoms with Crippen LogP contribution in [-0.4, -0.2) is 42.5 Å². The molecule has 0 saturated heterocycles. The van der Waals surface area contributed by atoms with Crippen molar-refractivity contribution in [1.29, 1.82) is 0 Å². The predicted octanol–water partition coefficient (Wildman–Crippen LogP) is 4.33. The molecule has 0 unspecified atom stereocenters. The molecule has 0 amide bonds. The van der Waals surface area contributed by atoms with Crippen LogP contribution in [-0.2, 0) is 14.0 Å². The van der Waals surface area contributed by atoms with Crippen molar-refractivity contribution in [2.24, 2.45) is 11.8 Å². The molecule has 0 aromatic heterocycles. The number of carboxylic acid groups (broad SMARTS) is 1. The second-order valence-corrected chi connectivity index (χ2v) is 13.7. The van der Waals surface area contributed by atoms with Crippen LogP contribution in [0, 0.1) is 11.8 Å². The van der Waals surface area contributed by atoms with Crippen molar-refractivity contribution in [2.75, 3.05) is 0 Å². The monoisotopic (exact) mass is 396 g/mol. The summed E-state index contributed by atoms with van der Waals surface area (Å²) in [4.78, 5) is 23.4. The van der Waals surface area contributed by atoms with E-state index < -0.39 is 26.3 Å². The van der Waals surface area contributed by atoms with Crippen molar-refractivity contribution in [3.8, 4) is 0 Å². The summed E-state index contributed by atoms with van der Waals surface area (Å²) in [6.07, 6.45) is 7.58. The Hall–Kier alpha value is -1.24. The van der Waals surface area contributed by atoms with Gasteiger partial charge in [0.15, 0.2) is 14.1 Å². The largest absolute Gasteiger partial charge is 0.481 e. The van der Waals surface area contributed by atoms with Crippen molar-refractivity contribution in [3.05, 3.63) is 24.3 Å². The van der Waals surface area contributed by atoms with E-state index in [1.807, 2.05) is 19.1 Å². The van der Waals surface area contributed by atoms with Gasteiger partial charge in [0, 0.05) is 18.3 Å². The van der Waals surface area contributed by atoms with Gasteiger partial charge in [-0.25, -0.2) is 0 Å². The second-order valence-electron chi connectivity index (χ2n) is 8.97. The first-order valence-electron chi connectivity index (χ1n) is 9.82. The van der Waals surface area contributed by atoms with Gasteiger partial charge in [-0.2, -0.15) is 0 Å². The predicted molar refractivity (Wildman–Crippen MR) is 110 cm³/mol. The lowest BCUT2D eigenvalue weighted by molar-refractivity contribution is -0.139. The quantitative estimate of drug-likeness (QED) is 0.344. The zero-order valence-corrected chi connectivity index (χ0v) is 18.6. The van der Waals surface area contributed by atoms with Gasteiger partial charge in [-0.15, -0.1) is 0 Å². The summed E-state index contributed by atoms with van der Waals surface area (Å²) in [5.74, 6) is -1.68. The number of carbonyl (C=O) groups excluding carboxylic acids is 1. The third-order valence-corrected chi connectivity index (χ3v) is 10.3. The second kappa shape index (κ2) is 9.80. The molecular weight excluding hydrogens is 360 g/mol. The Morgan fingerprint density at radius 3 is 2.37 bits per heavy atom. The molecule has 0 heterocycles. The average Bonchev–Trinajstić information content (AvgIpc) is 2.78. The lowest BCUT2D eigenvalue weighted by atomic mass is 9.90. The molecule has 0 aromatic rings. The lowest BCUT2D eigenvalue weighted by Crippen LogP contribution is -2.45. The fourth-order valence-electron chi connectivity index (χ4n) is 3.18. The summed E-state index contributed by atoms with van der Waals surface area (Å²) in [6, 6.07) is 0. The SMILES string of the molecule is CC/C=C\CC(=O)C=C[C@H]1[C@H](CC(=O)O)[C@H](O)C[C@@H]1O[Si](C)(C)C(C)(C)C. The minimum absolute atomic E-state index is 0.0118. The standard InChI is InChI=1S/C21H36O5Si/c1-7-8-9-10-15(22)11-12-16-17(13-20(24)25)18(23)14-19(16)26-27(5,6)21(2,3)4/h8-9,11-12,16-19,23H,7,10,13-14H2,1-6H3,(H,24,25)/b9-8-,12-11?/t16-,17-,18+,19-/m0/s1. The van der Waals surface area contributed by atoms with Crippen LogP contribution in [0.25, 0.3) is 0 Å². The van der Waals surface area contributed by atoms with Crippen LogP contribution < -0.4 is 0 Å². The van der Waals surface area contributed by atoms with Gasteiger partial charge in [0.05, 0.1) is 18.6 Å². The van der Waals surface area contributed by atoms with Gasteiger partial charge >= 0.3 is 5.97 Å². The molecule has 0 radical (unpaired) electrons. The molecule has 6 heteroatoms. The Morgan fingerprint density at radius 2 is 1.85 bits per heavy atom. The van der Waals surface area contributed by atoms with Gasteiger partial charge in [0.2, 0.25) is 0 Å². The Kier molecular flexibility index (Phi) is 8.64. The van der Waals surface area contributed by atoms with Gasteiger partial charge in [0.1, 0.15) is 0 Å². The average molecular weight is 397 g/mol. The van der Waals surface area contributed by atoms with Crippen molar-refractivity contribution < 1.29 is 24.2 Å². The fourth-order valence-corrected chi connectivity index (χ4v) is 4.54. The molecule has 1 fully saturated rings. The molecule has 0 aromatic carbocycles. The molecule has 4 atom stereocenters. The molecule has 27 heavy (non-hydrogen) atoms. The van der Waals surface area contributed by atoms with E-state index in [4.69, 9.17) is 4.43 Å². The summed E-state index contributed by atoms with van der Waals surface area (Å²) in [5, 5.41) is 19.7. The molecule has 154 valence electrons. The summed E-state index contributed by atoms with van der Waals surface area (Å²) < 4.78 is 6.50. The van der Waals surface area contributed by atoms with Crippen LogP contribution in [0.5, 0.6) is 0 Å². The van der Waals surface area contributed by atoms with Gasteiger partial charge in [-0.05, 0) is 37.0 Å². The number of aliphatic hydroxyl groups excluding tert-OH is 1. The first-order valence-corrected chi connectivity index (χ1v) is 12.7. The van der Waals surface area contributed by atoms with Gasteiger partial charge in [-0.3, -0.25) is 9.59 Å². The molecule has 1 aliphatic carbocycles. The van der Waals surface area contributed by atoms with Crippen molar-refractivity contribution in [3.63, 3.8) is 0 Å². The number of carboxylic acids is 1. The molecule has 0 spiro atoms. The van der Waals surface area contributed by atoms with E-state index in [2.05, 4.69) is 33.9 Å². The molecule has 0 bridgehead atoms. The maximum atomic E-state index is 12.1. The zero-order chi connectivity index (χ0) is 20.8. The minimum atomic E-state index is -2.08. The van der Waals surface area contributed by atoms with E-state index in [1.54, 1.807) is 6.08 Å². The zero-order valence-electron chi connectivity index (χ0n) is 17.6. The molecule has 1 saturated carbocycles. The maximum Gasteiger partial charge on any atom is 0.303 e. The number of hydrogen-bond acceptors (Lipinski definition) is 4. The van der Waals surface area contributed by atoms with E-state index in [0.29, 0.717) is 12.8 Å². The van der Waals surface area contributed by atoms with Crippen LogP contribution in [0.2, 0.25) is 18.1 Å². The number of hydrogen-bond donors (Lipinski definition) is 2. The highest BCUT2D eigenvalue weighted by Crippen LogP contribution is 2.44. The minimum Gasteiger partial charge on any atom is -0.481 e. The Morgan fingerprint density at radius 1 is 1.22 bits per heavy atom. The molecular formula is C21H36O5Si. The van der Waals surface area contributed by atoms with Gasteiger partial charge < -0.3 is 14.6 Å². The van der Waals surface area contributed by atoms with Crippen LogP contribution in [0.3, 0.4) is 0 Å². The van der Waals surface area contributed by atoms with Crippen molar-refractivity contribution >= 4 is 20.1 Å². The highest BCUT2D eigenvalue weighted by molar-refractivity contribution is 6.74. The topological polar surface area (TPSA) is 83.8 Å². The third-order valence-electron chi connectivity index (χ3n) is 5.78. The number of ketones is 1. The van der Waals surface area contributed by atoms with Crippen molar-refractivity contribution in [2.45, 2.75) is 83.7 Å². The van der Waals surface area contributed by atoms with E-state index in [-0.39, 0.29) is 29.3 Å². The normalized spacial score (nSPS) is 26.9. The van der Waals surface area contributed by atoms with Crippen LogP contribution >= 0.6 is 0 Å². The first kappa shape index (κ1) is 23.8. The summed E-state index contributed by atoms with van der Waals surface area (Å²) in [5.41, 5.74) is 0. The van der Waals surface area contributed by atoms with E-state index in [1.165, 1.54) is 6.08 Å². The number of aliphatic hydroxyl groups is 1. The summed E-state index contributed by atoms with van der Waals surface area (Å²) in [7, 11) is -2.08. The Bertz CT molecular complexity index is 574. The first-order chi connectivity index (χ1) is 12.4. The molecule has 1 aliphatic rings. The van der Waals surface area contributed by atoms with Crippen LogP contribution in [0.15, 0.2) is 24.3 Å². The fraction of sp³-hybridized carbons (Fsp3) is 0.714. The molecule has 2 N–H and O–H groups in total. The molecule has 1 rings (SSSR count). The third kappa shape index (κ3) is 7.01. The summed E-state index contributed by atoms with van der Waals surface area (Å²) in [6.45, 7) is 12.7. The van der Waals surface area contributed by atoms with Crippen LogP contribution in [0.4, 0.5) is 0 Å². The smallest absolute Gasteiger partial charge is 0.303 e. The number of aliphatic carboxylic acids is 1. The highest BCUT2D eigenvalue weighted by Gasteiger charge is 2.47. The number of allylic oxidation sites excluding steroid dienone is 3. The maximum absolute atomic E-state index is 12.1. The summed E-state index contributed by atoms with van der Waals surface area (Å²) >= 11 is 0. The van der Waals surface area contributed by atoms with E-state index in [0.717, 1.165) is 6.42 Å². The molecule has 0 aliphatic heterocycles. The van der Waals surface area contributed by atoms with Gasteiger partial charge in [-0.1, -0.05) is 45.9 Å².